The van der Waals surface area contributed by atoms with E-state index in [1.807, 2.05) is 0 Å². The second-order valence-corrected chi connectivity index (χ2v) is 3.65. The molecule has 0 aliphatic rings. The molecule has 0 saturated carbocycles. The predicted octanol–water partition coefficient (Wildman–Crippen LogP) is 0.915. The molecule has 0 rings (SSSR count). The number of hydrogen-bond donors (Lipinski definition) is 0. The minimum absolute atomic E-state index is 0.825. The number of rotatable bonds is 3. The summed E-state index contributed by atoms with van der Waals surface area (Å²) in [5, 5.41) is 0. The van der Waals surface area contributed by atoms with E-state index in [1.165, 1.54) is 0 Å². The first kappa shape index (κ1) is 10.7. The Morgan fingerprint density at radius 1 is 1.36 bits per heavy atom. The molecule has 0 amide bonds. The van der Waals surface area contributed by atoms with E-state index in [9.17, 15) is 21.6 Å². The SMILES string of the molecule is COS(=O)(=O)CCC(F)(F)F. The minimum Gasteiger partial charge on any atom is -0.273 e. The van der Waals surface area contributed by atoms with Crippen LogP contribution in [-0.4, -0.2) is 27.5 Å². The molecule has 0 N–H and O–H groups in total. The zero-order valence-corrected chi connectivity index (χ0v) is 6.50. The molecule has 68 valence electrons. The highest BCUT2D eigenvalue weighted by molar-refractivity contribution is 7.86. The summed E-state index contributed by atoms with van der Waals surface area (Å²) in [5.41, 5.74) is 0. The highest BCUT2D eigenvalue weighted by Gasteiger charge is 2.29. The largest absolute Gasteiger partial charge is 0.390 e. The molecule has 0 atom stereocenters. The lowest BCUT2D eigenvalue weighted by molar-refractivity contribution is -0.130. The Morgan fingerprint density at radius 3 is 2.09 bits per heavy atom. The Balaban J connectivity index is 3.91. The highest BCUT2D eigenvalue weighted by Crippen LogP contribution is 2.20. The Kier molecular flexibility index (Phi) is 3.30. The monoisotopic (exact) mass is 192 g/mol. The van der Waals surface area contributed by atoms with Gasteiger partial charge in [-0.3, -0.25) is 4.18 Å². The molecule has 0 heterocycles. The van der Waals surface area contributed by atoms with Gasteiger partial charge in [0.1, 0.15) is 0 Å². The van der Waals surface area contributed by atoms with Gasteiger partial charge in [0.25, 0.3) is 10.1 Å². The zero-order valence-electron chi connectivity index (χ0n) is 5.68. The minimum atomic E-state index is -4.45. The molecule has 0 aliphatic heterocycles. The van der Waals surface area contributed by atoms with Gasteiger partial charge in [-0.25, -0.2) is 0 Å². The van der Waals surface area contributed by atoms with Crippen LogP contribution in [-0.2, 0) is 14.3 Å². The fraction of sp³-hybridized carbons (Fsp3) is 1.00. The summed E-state index contributed by atoms with van der Waals surface area (Å²) >= 11 is 0. The first-order valence-corrected chi connectivity index (χ1v) is 4.19. The van der Waals surface area contributed by atoms with Gasteiger partial charge >= 0.3 is 6.18 Å². The second-order valence-electron chi connectivity index (χ2n) is 1.79. The van der Waals surface area contributed by atoms with Crippen LogP contribution >= 0.6 is 0 Å². The Labute approximate surface area is 62.3 Å². The van der Waals surface area contributed by atoms with E-state index in [-0.39, 0.29) is 0 Å². The molecule has 0 fully saturated rings. The standard InChI is InChI=1S/C4H7F3O3S/c1-10-11(8,9)3-2-4(5,6)7/h2-3H2,1H3. The molecular weight excluding hydrogens is 185 g/mol. The van der Waals surface area contributed by atoms with Gasteiger partial charge in [0.05, 0.1) is 19.3 Å². The zero-order chi connectivity index (χ0) is 9.12. The van der Waals surface area contributed by atoms with Crippen LogP contribution in [0.25, 0.3) is 0 Å². The molecule has 0 aromatic carbocycles. The van der Waals surface area contributed by atoms with Crippen molar-refractivity contribution in [1.29, 1.82) is 0 Å². The molecule has 0 radical (unpaired) electrons. The van der Waals surface area contributed by atoms with Gasteiger partial charge in [0.2, 0.25) is 0 Å². The van der Waals surface area contributed by atoms with Crippen LogP contribution in [0.5, 0.6) is 0 Å². The lowest BCUT2D eigenvalue weighted by Crippen LogP contribution is -2.16. The average Bonchev–Trinajstić information content (AvgIpc) is 1.83. The van der Waals surface area contributed by atoms with Gasteiger partial charge in [-0.2, -0.15) is 21.6 Å². The van der Waals surface area contributed by atoms with Crippen molar-refractivity contribution in [2.75, 3.05) is 12.9 Å². The second kappa shape index (κ2) is 3.40. The first-order chi connectivity index (χ1) is 4.77. The van der Waals surface area contributed by atoms with Crippen molar-refractivity contribution in [1.82, 2.24) is 0 Å². The molecule has 0 unspecified atom stereocenters. The van der Waals surface area contributed by atoms with Crippen LogP contribution in [0.1, 0.15) is 6.42 Å². The van der Waals surface area contributed by atoms with Gasteiger partial charge in [-0.15, -0.1) is 0 Å². The van der Waals surface area contributed by atoms with Crippen molar-refractivity contribution < 1.29 is 25.8 Å². The van der Waals surface area contributed by atoms with E-state index in [4.69, 9.17) is 0 Å². The molecule has 3 nitrogen and oxygen atoms in total. The van der Waals surface area contributed by atoms with Crippen LogP contribution in [0.4, 0.5) is 13.2 Å². The summed E-state index contributed by atoms with van der Waals surface area (Å²) in [6, 6.07) is 0. The van der Waals surface area contributed by atoms with Crippen LogP contribution in [0.15, 0.2) is 0 Å². The molecule has 0 aliphatic carbocycles. The normalized spacial score (nSPS) is 13.5. The summed E-state index contributed by atoms with van der Waals surface area (Å²) in [4.78, 5) is 0. The third-order valence-electron chi connectivity index (χ3n) is 0.889. The molecule has 0 aromatic heterocycles. The summed E-state index contributed by atoms with van der Waals surface area (Å²) in [6.45, 7) is 0. The van der Waals surface area contributed by atoms with Crippen molar-refractivity contribution >= 4 is 10.1 Å². The van der Waals surface area contributed by atoms with E-state index in [1.54, 1.807) is 0 Å². The maximum absolute atomic E-state index is 11.4. The number of halogens is 3. The van der Waals surface area contributed by atoms with Crippen molar-refractivity contribution in [3.05, 3.63) is 0 Å². The molecule has 0 aromatic rings. The molecule has 0 spiro atoms. The van der Waals surface area contributed by atoms with Crippen LogP contribution in [0.3, 0.4) is 0 Å². The van der Waals surface area contributed by atoms with Crippen LogP contribution < -0.4 is 0 Å². The Hall–Kier alpha value is -0.300. The molecular formula is C4H7F3O3S. The quantitative estimate of drug-likeness (QED) is 0.624. The van der Waals surface area contributed by atoms with E-state index < -0.39 is 28.5 Å². The fourth-order valence-electron chi connectivity index (χ4n) is 0.324. The average molecular weight is 192 g/mol. The van der Waals surface area contributed by atoms with Crippen molar-refractivity contribution in [3.63, 3.8) is 0 Å². The summed E-state index contributed by atoms with van der Waals surface area (Å²) < 4.78 is 58.7. The summed E-state index contributed by atoms with van der Waals surface area (Å²) in [6.07, 6.45) is -5.82. The fourth-order valence-corrected chi connectivity index (χ4v) is 0.972. The lowest BCUT2D eigenvalue weighted by atomic mass is 10.5. The molecule has 0 bridgehead atoms. The van der Waals surface area contributed by atoms with Crippen molar-refractivity contribution in [3.8, 4) is 0 Å². The number of hydrogen-bond acceptors (Lipinski definition) is 3. The first-order valence-electron chi connectivity index (χ1n) is 2.62. The van der Waals surface area contributed by atoms with Crippen molar-refractivity contribution in [2.45, 2.75) is 12.6 Å². The Morgan fingerprint density at radius 2 is 1.82 bits per heavy atom. The van der Waals surface area contributed by atoms with E-state index in [0.29, 0.717) is 0 Å². The highest BCUT2D eigenvalue weighted by atomic mass is 32.2. The van der Waals surface area contributed by atoms with Gasteiger partial charge in [-0.1, -0.05) is 0 Å². The predicted molar refractivity (Wildman–Crippen MR) is 31.5 cm³/mol. The van der Waals surface area contributed by atoms with Gasteiger partial charge < -0.3 is 0 Å². The molecule has 7 heteroatoms. The molecule has 11 heavy (non-hydrogen) atoms. The maximum Gasteiger partial charge on any atom is 0.390 e. The summed E-state index contributed by atoms with van der Waals surface area (Å²) in [7, 11) is -3.15. The third kappa shape index (κ3) is 6.11. The van der Waals surface area contributed by atoms with E-state index in [0.717, 1.165) is 7.11 Å². The van der Waals surface area contributed by atoms with Crippen LogP contribution in [0, 0.1) is 0 Å². The van der Waals surface area contributed by atoms with Gasteiger partial charge in [0.15, 0.2) is 0 Å². The molecule has 0 saturated heterocycles. The third-order valence-corrected chi connectivity index (χ3v) is 2.10. The Bertz CT molecular complexity index is 205. The summed E-state index contributed by atoms with van der Waals surface area (Å²) in [5.74, 6) is -1.02. The lowest BCUT2D eigenvalue weighted by Gasteiger charge is -2.04. The van der Waals surface area contributed by atoms with Crippen molar-refractivity contribution in [2.24, 2.45) is 0 Å². The van der Waals surface area contributed by atoms with Crippen LogP contribution in [0.2, 0.25) is 0 Å². The van der Waals surface area contributed by atoms with E-state index in [2.05, 4.69) is 4.18 Å². The van der Waals surface area contributed by atoms with E-state index >= 15 is 0 Å². The maximum atomic E-state index is 11.4. The topological polar surface area (TPSA) is 43.4 Å². The smallest absolute Gasteiger partial charge is 0.273 e. The van der Waals surface area contributed by atoms with Gasteiger partial charge in [0, 0.05) is 0 Å². The number of alkyl halides is 3. The van der Waals surface area contributed by atoms with Gasteiger partial charge in [-0.05, 0) is 0 Å².